The SMILES string of the molecule is C=C(C)/C=C\c1c(C)ccn2nc(CCc3ccc4cccnc4n3)nc12.CC.CCC.NC(CCc1ccc2cccnc2n1)=Nc1nccc2ncccc12. The number of allylic oxidation sites excluding steroid dienone is 2. The maximum Gasteiger partial charge on any atom is 0.163 e. The normalized spacial score (nSPS) is 11.2. The van der Waals surface area contributed by atoms with Gasteiger partial charge in [-0.3, -0.25) is 4.98 Å². The molecular weight excluding hydrogens is 707 g/mol. The highest BCUT2D eigenvalue weighted by Gasteiger charge is 2.10. The zero-order chi connectivity index (χ0) is 40.6. The van der Waals surface area contributed by atoms with Crippen LogP contribution in [0.3, 0.4) is 0 Å². The number of pyridine rings is 7. The van der Waals surface area contributed by atoms with Crippen LogP contribution < -0.4 is 5.73 Å². The molecule has 0 atom stereocenters. The first-order chi connectivity index (χ1) is 27.8. The lowest BCUT2D eigenvalue weighted by Crippen LogP contribution is -2.12. The first-order valence-electron chi connectivity index (χ1n) is 19.4. The number of nitrogens with zero attached hydrogens (tertiary/aromatic N) is 10. The van der Waals surface area contributed by atoms with E-state index >= 15 is 0 Å². The highest BCUT2D eigenvalue weighted by molar-refractivity contribution is 5.92. The number of nitrogens with two attached hydrogens (primary N) is 1. The summed E-state index contributed by atoms with van der Waals surface area (Å²) in [5, 5.41) is 7.60. The Bertz CT molecular complexity index is 2620. The van der Waals surface area contributed by atoms with Crippen molar-refractivity contribution in [1.29, 1.82) is 0 Å². The van der Waals surface area contributed by atoms with Crippen molar-refractivity contribution >= 4 is 56.3 Å². The number of amidine groups is 1. The summed E-state index contributed by atoms with van der Waals surface area (Å²) in [7, 11) is 0. The van der Waals surface area contributed by atoms with Gasteiger partial charge in [0.05, 0.1) is 5.52 Å². The van der Waals surface area contributed by atoms with Crippen LogP contribution in [0.2, 0.25) is 0 Å². The molecule has 0 aliphatic rings. The lowest BCUT2D eigenvalue weighted by atomic mass is 10.1. The molecule has 0 aromatic carbocycles. The average molecular weight is 758 g/mol. The third kappa shape index (κ3) is 11.4. The maximum absolute atomic E-state index is 6.10. The van der Waals surface area contributed by atoms with E-state index in [1.165, 1.54) is 12.0 Å². The molecule has 0 bridgehead atoms. The minimum absolute atomic E-state index is 0.520. The first kappa shape index (κ1) is 41.4. The zero-order valence-corrected chi connectivity index (χ0v) is 33.8. The van der Waals surface area contributed by atoms with Crippen molar-refractivity contribution in [2.45, 2.75) is 73.6 Å². The monoisotopic (exact) mass is 757 g/mol. The van der Waals surface area contributed by atoms with Gasteiger partial charge in [0.1, 0.15) is 5.84 Å². The van der Waals surface area contributed by atoms with Gasteiger partial charge in [0.15, 0.2) is 28.6 Å². The van der Waals surface area contributed by atoms with E-state index in [0.717, 1.165) is 79.8 Å². The van der Waals surface area contributed by atoms with Gasteiger partial charge in [0.25, 0.3) is 0 Å². The van der Waals surface area contributed by atoms with Crippen molar-refractivity contribution in [3.05, 3.63) is 150 Å². The Labute approximate surface area is 334 Å². The molecule has 0 saturated heterocycles. The molecule has 8 aromatic heterocycles. The molecule has 0 amide bonds. The van der Waals surface area contributed by atoms with E-state index in [-0.39, 0.29) is 0 Å². The summed E-state index contributed by atoms with van der Waals surface area (Å²) in [6.07, 6.45) is 17.0. The largest absolute Gasteiger partial charge is 0.387 e. The predicted octanol–water partition coefficient (Wildman–Crippen LogP) is 9.99. The molecule has 0 aliphatic carbocycles. The van der Waals surface area contributed by atoms with Gasteiger partial charge in [0, 0.05) is 76.9 Å². The van der Waals surface area contributed by atoms with Gasteiger partial charge < -0.3 is 5.73 Å². The molecule has 0 unspecified atom stereocenters. The van der Waals surface area contributed by atoms with Crippen LogP contribution >= 0.6 is 0 Å². The number of aryl methyl sites for hydroxylation is 4. The van der Waals surface area contributed by atoms with Crippen LogP contribution in [0.4, 0.5) is 5.82 Å². The second-order valence-corrected chi connectivity index (χ2v) is 13.1. The summed E-state index contributed by atoms with van der Waals surface area (Å²) in [4.78, 5) is 35.6. The molecule has 57 heavy (non-hydrogen) atoms. The van der Waals surface area contributed by atoms with Gasteiger partial charge in [-0.1, -0.05) is 58.4 Å². The van der Waals surface area contributed by atoms with Gasteiger partial charge in [-0.25, -0.2) is 39.4 Å². The Morgan fingerprint density at radius 3 is 2.05 bits per heavy atom. The molecule has 0 radical (unpaired) electrons. The smallest absolute Gasteiger partial charge is 0.163 e. The summed E-state index contributed by atoms with van der Waals surface area (Å²) >= 11 is 0. The van der Waals surface area contributed by atoms with Crippen LogP contribution in [0, 0.1) is 6.92 Å². The topological polar surface area (TPSA) is 146 Å². The van der Waals surface area contributed by atoms with Gasteiger partial charge in [-0.15, -0.1) is 0 Å². The third-order valence-corrected chi connectivity index (χ3v) is 8.38. The van der Waals surface area contributed by atoms with E-state index in [1.54, 1.807) is 24.8 Å². The molecule has 290 valence electrons. The van der Waals surface area contributed by atoms with Gasteiger partial charge in [0.2, 0.25) is 0 Å². The van der Waals surface area contributed by atoms with Crippen LogP contribution in [0.15, 0.2) is 127 Å². The van der Waals surface area contributed by atoms with E-state index in [9.17, 15) is 0 Å². The maximum atomic E-state index is 6.10. The lowest BCUT2D eigenvalue weighted by Gasteiger charge is -2.04. The minimum atomic E-state index is 0.520. The number of hydrogen-bond acceptors (Lipinski definition) is 9. The highest BCUT2D eigenvalue weighted by atomic mass is 15.3. The summed E-state index contributed by atoms with van der Waals surface area (Å²) in [6.45, 7) is 16.2. The molecule has 8 heterocycles. The van der Waals surface area contributed by atoms with E-state index in [2.05, 4.69) is 85.6 Å². The van der Waals surface area contributed by atoms with Crippen molar-refractivity contribution < 1.29 is 0 Å². The molecule has 8 rings (SSSR count). The van der Waals surface area contributed by atoms with Crippen molar-refractivity contribution in [3.8, 4) is 0 Å². The van der Waals surface area contributed by atoms with Crippen molar-refractivity contribution in [1.82, 2.24) is 44.5 Å². The van der Waals surface area contributed by atoms with Gasteiger partial charge in [-0.05, 0) is 105 Å². The Kier molecular flexibility index (Phi) is 15.1. The molecule has 11 heteroatoms. The Hall–Kier alpha value is -6.75. The number of aliphatic imine (C=N–C) groups is 1. The van der Waals surface area contributed by atoms with Crippen LogP contribution in [-0.2, 0) is 19.3 Å². The van der Waals surface area contributed by atoms with E-state index in [0.29, 0.717) is 24.5 Å². The van der Waals surface area contributed by atoms with E-state index in [4.69, 9.17) is 10.7 Å². The highest BCUT2D eigenvalue weighted by Crippen LogP contribution is 2.22. The van der Waals surface area contributed by atoms with Crippen molar-refractivity contribution in [3.63, 3.8) is 0 Å². The van der Waals surface area contributed by atoms with Crippen LogP contribution in [0.1, 0.15) is 75.8 Å². The Morgan fingerprint density at radius 2 is 1.39 bits per heavy atom. The molecule has 0 spiro atoms. The molecule has 0 saturated carbocycles. The van der Waals surface area contributed by atoms with Crippen molar-refractivity contribution in [2.75, 3.05) is 0 Å². The first-order valence-corrected chi connectivity index (χ1v) is 19.4. The number of fused-ring (bicyclic) bond motifs is 4. The standard InChI is InChI=1S/C22H21N5.C19H16N6.C3H8.C2H6/c1-15(2)6-10-19-16(3)12-14-27-22(19)25-20(26-27)11-9-18-8-7-17-5-4-13-23-21(17)24-18;20-17(25-19-15-4-2-10-21-16(15)9-12-23-19)8-7-14-6-5-13-3-1-11-22-18(13)24-14;1-3-2;1-2/h4-8,10,12-14H,1,9,11H2,2-3H3;1-6,9-12H,7-8H2,(H2,20,23,25);3H2,1-2H3;1-2H3/b10-6-;;;. The lowest BCUT2D eigenvalue weighted by molar-refractivity contribution is 0.822. The van der Waals surface area contributed by atoms with Crippen LogP contribution in [-0.4, -0.2) is 50.3 Å². The molecule has 11 nitrogen and oxygen atoms in total. The second-order valence-electron chi connectivity index (χ2n) is 13.1. The fourth-order valence-electron chi connectivity index (χ4n) is 5.67. The Morgan fingerprint density at radius 1 is 0.754 bits per heavy atom. The third-order valence-electron chi connectivity index (χ3n) is 8.38. The van der Waals surface area contributed by atoms with E-state index in [1.807, 2.05) is 98.2 Å². The Balaban J connectivity index is 0.000000196. The molecule has 8 aromatic rings. The van der Waals surface area contributed by atoms with Gasteiger partial charge in [-0.2, -0.15) is 5.10 Å². The molecule has 0 fully saturated rings. The quantitative estimate of drug-likeness (QED) is 0.0863. The minimum Gasteiger partial charge on any atom is -0.387 e. The number of hydrogen-bond donors (Lipinski definition) is 1. The fraction of sp³-hybridized carbons (Fsp3) is 0.239. The summed E-state index contributed by atoms with van der Waals surface area (Å²) in [5.41, 5.74) is 14.5. The van der Waals surface area contributed by atoms with Crippen molar-refractivity contribution in [2.24, 2.45) is 10.7 Å². The molecule has 0 aliphatic heterocycles. The van der Waals surface area contributed by atoms with Crippen LogP contribution in [0.5, 0.6) is 0 Å². The fourth-order valence-corrected chi connectivity index (χ4v) is 5.67. The molecular formula is C46H51N11. The predicted molar refractivity (Wildman–Crippen MR) is 235 cm³/mol. The zero-order valence-electron chi connectivity index (χ0n) is 33.8. The summed E-state index contributed by atoms with van der Waals surface area (Å²) < 4.78 is 1.84. The van der Waals surface area contributed by atoms with Gasteiger partial charge >= 0.3 is 0 Å². The van der Waals surface area contributed by atoms with E-state index < -0.39 is 0 Å². The second kappa shape index (κ2) is 20.8. The number of aromatic nitrogens is 9. The van der Waals surface area contributed by atoms with Crippen LogP contribution in [0.25, 0.3) is 44.7 Å². The molecule has 2 N–H and O–H groups in total. The average Bonchev–Trinajstić information content (AvgIpc) is 3.66. The summed E-state index contributed by atoms with van der Waals surface area (Å²) in [5.74, 6) is 1.93. The summed E-state index contributed by atoms with van der Waals surface area (Å²) in [6, 6.07) is 23.7. The number of rotatable bonds is 9.